The summed E-state index contributed by atoms with van der Waals surface area (Å²) >= 11 is 0. The zero-order valence-corrected chi connectivity index (χ0v) is 16.6. The fraction of sp³-hybridized carbons (Fsp3) is 0.600. The van der Waals surface area contributed by atoms with Gasteiger partial charge in [0.1, 0.15) is 0 Å². The lowest BCUT2D eigenvalue weighted by atomic mass is 10.1. The predicted molar refractivity (Wildman–Crippen MR) is 107 cm³/mol. The van der Waals surface area contributed by atoms with E-state index in [1.165, 1.54) is 0 Å². The van der Waals surface area contributed by atoms with Crippen molar-refractivity contribution in [2.45, 2.75) is 45.4 Å². The van der Waals surface area contributed by atoms with Crippen molar-refractivity contribution in [2.75, 3.05) is 32.7 Å². The van der Waals surface area contributed by atoms with E-state index in [2.05, 4.69) is 0 Å². The van der Waals surface area contributed by atoms with Crippen molar-refractivity contribution in [2.24, 2.45) is 5.73 Å². The first-order chi connectivity index (χ1) is 12.1. The van der Waals surface area contributed by atoms with Gasteiger partial charge in [0.15, 0.2) is 0 Å². The van der Waals surface area contributed by atoms with Gasteiger partial charge in [-0.25, -0.2) is 0 Å². The number of unbranched alkanes of at least 4 members (excludes halogenated alkanes) is 3. The van der Waals surface area contributed by atoms with Crippen LogP contribution in [0.15, 0.2) is 24.3 Å². The SMILES string of the molecule is Cc1ccccc1CC(=O)N1CCN(C(=O)CCCCCCN)CC1.Cl. The number of piperazine rings is 1. The van der Waals surface area contributed by atoms with E-state index in [0.717, 1.165) is 43.4 Å². The van der Waals surface area contributed by atoms with Gasteiger partial charge in [0.25, 0.3) is 0 Å². The molecule has 0 aromatic heterocycles. The fourth-order valence-corrected chi connectivity index (χ4v) is 3.22. The third kappa shape index (κ3) is 6.96. The molecule has 0 aliphatic carbocycles. The summed E-state index contributed by atoms with van der Waals surface area (Å²) in [5, 5.41) is 0. The highest BCUT2D eigenvalue weighted by Gasteiger charge is 2.23. The third-order valence-electron chi connectivity index (χ3n) is 4.93. The van der Waals surface area contributed by atoms with Crippen LogP contribution in [0.4, 0.5) is 0 Å². The van der Waals surface area contributed by atoms with Gasteiger partial charge in [0.05, 0.1) is 6.42 Å². The Morgan fingerprint density at radius 2 is 1.50 bits per heavy atom. The van der Waals surface area contributed by atoms with E-state index in [9.17, 15) is 9.59 Å². The lowest BCUT2D eigenvalue weighted by molar-refractivity contribution is -0.139. The van der Waals surface area contributed by atoms with E-state index in [1.54, 1.807) is 0 Å². The van der Waals surface area contributed by atoms with Crippen LogP contribution in [0.25, 0.3) is 0 Å². The minimum atomic E-state index is 0. The standard InChI is InChI=1S/C20H31N3O2.ClH/c1-17-8-5-6-9-18(17)16-20(25)23-14-12-22(13-15-23)19(24)10-4-2-3-7-11-21;/h5-6,8-9H,2-4,7,10-16,21H2,1H3;1H. The molecule has 1 aromatic carbocycles. The molecule has 0 saturated carbocycles. The van der Waals surface area contributed by atoms with Crippen molar-refractivity contribution >= 4 is 24.2 Å². The van der Waals surface area contributed by atoms with Crippen LogP contribution >= 0.6 is 12.4 Å². The van der Waals surface area contributed by atoms with Crippen LogP contribution < -0.4 is 5.73 Å². The molecule has 0 radical (unpaired) electrons. The molecule has 0 unspecified atom stereocenters. The van der Waals surface area contributed by atoms with E-state index in [4.69, 9.17) is 5.73 Å². The molecule has 1 heterocycles. The van der Waals surface area contributed by atoms with Gasteiger partial charge >= 0.3 is 0 Å². The second-order valence-corrected chi connectivity index (χ2v) is 6.82. The number of nitrogens with zero attached hydrogens (tertiary/aromatic N) is 2. The van der Waals surface area contributed by atoms with Gasteiger partial charge in [-0.3, -0.25) is 9.59 Å². The number of carbonyl (C=O) groups excluding carboxylic acids is 2. The van der Waals surface area contributed by atoms with Crippen LogP contribution in [0.1, 0.15) is 43.2 Å². The molecule has 146 valence electrons. The molecule has 0 atom stereocenters. The van der Waals surface area contributed by atoms with Crippen LogP contribution in [-0.2, 0) is 16.0 Å². The number of amides is 2. The first-order valence-electron chi connectivity index (χ1n) is 9.42. The third-order valence-corrected chi connectivity index (χ3v) is 4.93. The summed E-state index contributed by atoms with van der Waals surface area (Å²) in [6.07, 6.45) is 5.20. The van der Waals surface area contributed by atoms with E-state index >= 15 is 0 Å². The van der Waals surface area contributed by atoms with E-state index in [-0.39, 0.29) is 24.2 Å². The van der Waals surface area contributed by atoms with Gasteiger partial charge in [-0.15, -0.1) is 12.4 Å². The zero-order valence-electron chi connectivity index (χ0n) is 15.8. The molecular formula is C20H32ClN3O2. The number of rotatable bonds is 8. The fourth-order valence-electron chi connectivity index (χ4n) is 3.22. The average molecular weight is 382 g/mol. The minimum absolute atomic E-state index is 0. The first-order valence-corrected chi connectivity index (χ1v) is 9.42. The van der Waals surface area contributed by atoms with Crippen LogP contribution in [0.3, 0.4) is 0 Å². The summed E-state index contributed by atoms with van der Waals surface area (Å²) in [6, 6.07) is 8.01. The number of nitrogens with two attached hydrogens (primary N) is 1. The summed E-state index contributed by atoms with van der Waals surface area (Å²) in [5.74, 6) is 0.377. The highest BCUT2D eigenvalue weighted by Crippen LogP contribution is 2.12. The first kappa shape index (κ1) is 22.5. The molecule has 1 aromatic rings. The Morgan fingerprint density at radius 3 is 2.12 bits per heavy atom. The number of hydrogen-bond acceptors (Lipinski definition) is 3. The Balaban J connectivity index is 0.00000338. The maximum atomic E-state index is 12.5. The molecule has 1 fully saturated rings. The lowest BCUT2D eigenvalue weighted by Gasteiger charge is -2.35. The van der Waals surface area contributed by atoms with Gasteiger partial charge in [0, 0.05) is 32.6 Å². The summed E-state index contributed by atoms with van der Waals surface area (Å²) in [6.45, 7) is 5.36. The second kappa shape index (κ2) is 11.9. The maximum absolute atomic E-state index is 12.5. The van der Waals surface area contributed by atoms with Crippen LogP contribution in [0, 0.1) is 6.92 Å². The maximum Gasteiger partial charge on any atom is 0.227 e. The summed E-state index contributed by atoms with van der Waals surface area (Å²) in [4.78, 5) is 28.5. The molecule has 2 N–H and O–H groups in total. The molecule has 2 amide bonds. The van der Waals surface area contributed by atoms with Gasteiger partial charge in [-0.2, -0.15) is 0 Å². The molecule has 0 spiro atoms. The Morgan fingerprint density at radius 1 is 0.923 bits per heavy atom. The number of aryl methyl sites for hydroxylation is 1. The van der Waals surface area contributed by atoms with E-state index < -0.39 is 0 Å². The Kier molecular flexibility index (Phi) is 10.3. The summed E-state index contributed by atoms with van der Waals surface area (Å²) in [5.41, 5.74) is 7.71. The highest BCUT2D eigenvalue weighted by atomic mass is 35.5. The predicted octanol–water partition coefficient (Wildman–Crippen LogP) is 2.54. The summed E-state index contributed by atoms with van der Waals surface area (Å²) < 4.78 is 0. The molecule has 1 aliphatic rings. The number of halogens is 1. The number of carbonyl (C=O) groups is 2. The zero-order chi connectivity index (χ0) is 18.1. The molecule has 1 saturated heterocycles. The smallest absolute Gasteiger partial charge is 0.227 e. The Bertz CT molecular complexity index is 572. The van der Waals surface area contributed by atoms with E-state index in [1.807, 2.05) is 41.0 Å². The largest absolute Gasteiger partial charge is 0.339 e. The van der Waals surface area contributed by atoms with Gasteiger partial charge in [-0.05, 0) is 37.4 Å². The van der Waals surface area contributed by atoms with Gasteiger partial charge in [0.2, 0.25) is 11.8 Å². The van der Waals surface area contributed by atoms with E-state index in [0.29, 0.717) is 39.0 Å². The Hall–Kier alpha value is -1.59. The van der Waals surface area contributed by atoms with Gasteiger partial charge in [-0.1, -0.05) is 37.1 Å². The molecule has 26 heavy (non-hydrogen) atoms. The van der Waals surface area contributed by atoms with Crippen LogP contribution in [0.2, 0.25) is 0 Å². The Labute approximate surface area is 163 Å². The molecular weight excluding hydrogens is 350 g/mol. The van der Waals surface area contributed by atoms with Crippen molar-refractivity contribution in [1.29, 1.82) is 0 Å². The number of hydrogen-bond donors (Lipinski definition) is 1. The monoisotopic (exact) mass is 381 g/mol. The van der Waals surface area contributed by atoms with Crippen molar-refractivity contribution in [3.8, 4) is 0 Å². The van der Waals surface area contributed by atoms with Crippen LogP contribution in [0.5, 0.6) is 0 Å². The topological polar surface area (TPSA) is 66.6 Å². The molecule has 6 heteroatoms. The molecule has 1 aliphatic heterocycles. The summed E-state index contributed by atoms with van der Waals surface area (Å²) in [7, 11) is 0. The highest BCUT2D eigenvalue weighted by molar-refractivity contribution is 5.85. The van der Waals surface area contributed by atoms with Gasteiger partial charge < -0.3 is 15.5 Å². The van der Waals surface area contributed by atoms with Crippen molar-refractivity contribution in [3.05, 3.63) is 35.4 Å². The normalized spacial score (nSPS) is 14.1. The van der Waals surface area contributed by atoms with Crippen molar-refractivity contribution in [3.63, 3.8) is 0 Å². The lowest BCUT2D eigenvalue weighted by Crippen LogP contribution is -2.51. The number of benzene rings is 1. The average Bonchev–Trinajstić information content (AvgIpc) is 2.63. The molecule has 2 rings (SSSR count). The molecule has 5 nitrogen and oxygen atoms in total. The molecule has 0 bridgehead atoms. The minimum Gasteiger partial charge on any atom is -0.339 e. The second-order valence-electron chi connectivity index (χ2n) is 6.82. The van der Waals surface area contributed by atoms with Crippen molar-refractivity contribution < 1.29 is 9.59 Å². The van der Waals surface area contributed by atoms with Crippen molar-refractivity contribution in [1.82, 2.24) is 9.80 Å². The quantitative estimate of drug-likeness (QED) is 0.703. The van der Waals surface area contributed by atoms with Crippen LogP contribution in [-0.4, -0.2) is 54.3 Å².